The zero-order valence-corrected chi connectivity index (χ0v) is 27.2. The van der Waals surface area contributed by atoms with Gasteiger partial charge in [-0.05, 0) is 162 Å². The first kappa shape index (κ1) is 31.8. The molecule has 41 heavy (non-hydrogen) atoms. The number of amides is 1. The minimum atomic E-state index is 0.322. The minimum Gasteiger partial charge on any atom is -0.353 e. The summed E-state index contributed by atoms with van der Waals surface area (Å²) in [6.07, 6.45) is 23.3. The maximum Gasteiger partial charge on any atom is 0.220 e. The smallest absolute Gasteiger partial charge is 0.220 e. The van der Waals surface area contributed by atoms with Crippen LogP contribution in [-0.2, 0) is 4.79 Å². The molecule has 4 unspecified atom stereocenters. The fraction of sp³-hybridized carbons (Fsp3) is 0.972. The summed E-state index contributed by atoms with van der Waals surface area (Å²) in [4.78, 5) is 12.8. The molecule has 5 aliphatic carbocycles. The van der Waals surface area contributed by atoms with Gasteiger partial charge in [-0.1, -0.05) is 40.0 Å². The van der Waals surface area contributed by atoms with E-state index in [-0.39, 0.29) is 0 Å². The molecule has 5 N–H and O–H groups in total. The van der Waals surface area contributed by atoms with Crippen LogP contribution in [0.4, 0.5) is 0 Å². The lowest BCUT2D eigenvalue weighted by Crippen LogP contribution is -2.55. The lowest BCUT2D eigenvalue weighted by molar-refractivity contribution is -0.123. The second-order valence-corrected chi connectivity index (χ2v) is 16.0. The summed E-state index contributed by atoms with van der Waals surface area (Å²) in [6, 6.07) is 1.18. The minimum absolute atomic E-state index is 0.322. The highest BCUT2D eigenvalue weighted by Gasteiger charge is 2.60. The molecule has 0 saturated heterocycles. The third kappa shape index (κ3) is 7.19. The highest BCUT2D eigenvalue weighted by molar-refractivity contribution is 5.76. The van der Waals surface area contributed by atoms with E-state index in [0.29, 0.717) is 28.7 Å². The van der Waals surface area contributed by atoms with Gasteiger partial charge in [0.2, 0.25) is 5.91 Å². The maximum atomic E-state index is 12.8. The van der Waals surface area contributed by atoms with E-state index in [2.05, 4.69) is 36.7 Å². The van der Waals surface area contributed by atoms with E-state index < -0.39 is 0 Å². The molecule has 0 aromatic rings. The van der Waals surface area contributed by atoms with Crippen molar-refractivity contribution >= 4 is 5.91 Å². The molecule has 5 aliphatic rings. The SMILES string of the molecule is C[C@H](CCC(=O)NC1CCCCC1)[C@H]1CCC2C3CCC4C[C@@H](NCCCNCCCN)CC[C@]4(C)C3CC[C@@]21C. The average molecular weight is 571 g/mol. The Balaban J connectivity index is 1.09. The summed E-state index contributed by atoms with van der Waals surface area (Å²) in [5, 5.41) is 10.8. The van der Waals surface area contributed by atoms with Crippen LogP contribution in [0.1, 0.15) is 136 Å². The van der Waals surface area contributed by atoms with Crippen molar-refractivity contribution in [2.45, 2.75) is 148 Å². The number of hydrogen-bond donors (Lipinski definition) is 4. The van der Waals surface area contributed by atoms with E-state index in [1.54, 1.807) is 0 Å². The van der Waals surface area contributed by atoms with Crippen molar-refractivity contribution in [3.05, 3.63) is 0 Å². The Morgan fingerprint density at radius 2 is 1.59 bits per heavy atom. The predicted octanol–water partition coefficient (Wildman–Crippen LogP) is 6.80. The molecule has 0 heterocycles. The number of fused-ring (bicyclic) bond motifs is 5. The van der Waals surface area contributed by atoms with E-state index in [4.69, 9.17) is 5.73 Å². The van der Waals surface area contributed by atoms with Gasteiger partial charge in [0.1, 0.15) is 0 Å². The van der Waals surface area contributed by atoms with Crippen molar-refractivity contribution in [2.24, 2.45) is 52.1 Å². The molecule has 0 radical (unpaired) electrons. The van der Waals surface area contributed by atoms with Gasteiger partial charge in [-0.25, -0.2) is 0 Å². The predicted molar refractivity (Wildman–Crippen MR) is 172 cm³/mol. The fourth-order valence-electron chi connectivity index (χ4n) is 11.4. The molecular formula is C36H66N4O. The molecule has 5 rings (SSSR count). The molecule has 0 aromatic heterocycles. The Kier molecular flexibility index (Phi) is 11.2. The lowest BCUT2D eigenvalue weighted by Gasteiger charge is -2.61. The molecule has 5 nitrogen and oxygen atoms in total. The van der Waals surface area contributed by atoms with Crippen molar-refractivity contribution in [1.29, 1.82) is 0 Å². The van der Waals surface area contributed by atoms with E-state index in [9.17, 15) is 4.79 Å². The Morgan fingerprint density at radius 1 is 0.829 bits per heavy atom. The molecule has 0 bridgehead atoms. The van der Waals surface area contributed by atoms with Crippen LogP contribution in [0.5, 0.6) is 0 Å². The first-order valence-corrected chi connectivity index (χ1v) is 18.3. The summed E-state index contributed by atoms with van der Waals surface area (Å²) in [5.74, 6) is 5.54. The molecule has 0 aliphatic heterocycles. The third-order valence-electron chi connectivity index (χ3n) is 13.7. The van der Waals surface area contributed by atoms with Crippen LogP contribution in [-0.4, -0.2) is 44.2 Å². The second kappa shape index (κ2) is 14.4. The van der Waals surface area contributed by atoms with Crippen LogP contribution in [0.15, 0.2) is 0 Å². The van der Waals surface area contributed by atoms with Crippen LogP contribution in [0.25, 0.3) is 0 Å². The third-order valence-corrected chi connectivity index (χ3v) is 13.7. The second-order valence-electron chi connectivity index (χ2n) is 16.0. The topological polar surface area (TPSA) is 79.2 Å². The van der Waals surface area contributed by atoms with Gasteiger partial charge in [0.25, 0.3) is 0 Å². The molecule has 236 valence electrons. The van der Waals surface area contributed by atoms with E-state index >= 15 is 0 Å². The van der Waals surface area contributed by atoms with Crippen molar-refractivity contribution in [3.63, 3.8) is 0 Å². The van der Waals surface area contributed by atoms with Gasteiger partial charge in [0.15, 0.2) is 0 Å². The van der Waals surface area contributed by atoms with E-state index in [1.165, 1.54) is 96.3 Å². The van der Waals surface area contributed by atoms with E-state index in [1.807, 2.05) is 0 Å². The summed E-state index contributed by atoms with van der Waals surface area (Å²) < 4.78 is 0. The summed E-state index contributed by atoms with van der Waals surface area (Å²) in [7, 11) is 0. The summed E-state index contributed by atoms with van der Waals surface area (Å²) in [5.41, 5.74) is 6.66. The van der Waals surface area contributed by atoms with Crippen LogP contribution >= 0.6 is 0 Å². The lowest BCUT2D eigenvalue weighted by atomic mass is 9.44. The first-order valence-electron chi connectivity index (χ1n) is 18.3. The molecule has 1 amide bonds. The number of hydrogen-bond acceptors (Lipinski definition) is 4. The molecule has 5 heteroatoms. The van der Waals surface area contributed by atoms with Crippen LogP contribution in [0.3, 0.4) is 0 Å². The van der Waals surface area contributed by atoms with Gasteiger partial charge in [-0.2, -0.15) is 0 Å². The van der Waals surface area contributed by atoms with Crippen LogP contribution in [0.2, 0.25) is 0 Å². The molecule has 0 spiro atoms. The van der Waals surface area contributed by atoms with Crippen molar-refractivity contribution in [2.75, 3.05) is 26.2 Å². The Bertz CT molecular complexity index is 828. The number of carbonyl (C=O) groups excluding carboxylic acids is 1. The summed E-state index contributed by atoms with van der Waals surface area (Å²) in [6.45, 7) is 12.0. The molecule has 0 aromatic carbocycles. The quantitative estimate of drug-likeness (QED) is 0.184. The first-order chi connectivity index (χ1) is 19.8. The van der Waals surface area contributed by atoms with E-state index in [0.717, 1.165) is 81.1 Å². The zero-order valence-electron chi connectivity index (χ0n) is 27.2. The van der Waals surface area contributed by atoms with Gasteiger partial charge in [-0.3, -0.25) is 4.79 Å². The monoisotopic (exact) mass is 571 g/mol. The van der Waals surface area contributed by atoms with Gasteiger partial charge in [0.05, 0.1) is 0 Å². The average Bonchev–Trinajstić information content (AvgIpc) is 3.33. The molecular weight excluding hydrogens is 504 g/mol. The van der Waals surface area contributed by atoms with Gasteiger partial charge >= 0.3 is 0 Å². The van der Waals surface area contributed by atoms with Crippen molar-refractivity contribution in [1.82, 2.24) is 16.0 Å². The Labute approximate surface area is 253 Å². The molecule has 9 atom stereocenters. The Hall–Kier alpha value is -0.650. The molecule has 5 fully saturated rings. The standard InChI is InChI=1S/C36H66N4O/c1-26(11-16-34(41)40-28-9-5-4-6-10-28)31-14-15-32-30-13-12-27-25-29(39-24-8-23-38-22-7-21-37)17-19-35(27,2)33(30)18-20-36(31,32)3/h26-33,38-39H,4-25,37H2,1-3H3,(H,40,41)/t26-,27?,29+,30?,31-,32?,33?,35+,36-/m1/s1. The highest BCUT2D eigenvalue weighted by atomic mass is 16.1. The zero-order chi connectivity index (χ0) is 28.9. The number of rotatable bonds is 13. The fourth-order valence-corrected chi connectivity index (χ4v) is 11.4. The number of carbonyl (C=O) groups is 1. The van der Waals surface area contributed by atoms with Gasteiger partial charge in [-0.15, -0.1) is 0 Å². The van der Waals surface area contributed by atoms with Crippen LogP contribution < -0.4 is 21.7 Å². The largest absolute Gasteiger partial charge is 0.353 e. The van der Waals surface area contributed by atoms with Crippen molar-refractivity contribution < 1.29 is 4.79 Å². The highest BCUT2D eigenvalue weighted by Crippen LogP contribution is 2.68. The Morgan fingerprint density at radius 3 is 2.39 bits per heavy atom. The number of nitrogens with two attached hydrogens (primary N) is 1. The van der Waals surface area contributed by atoms with Gasteiger partial charge in [0, 0.05) is 18.5 Å². The summed E-state index contributed by atoms with van der Waals surface area (Å²) >= 11 is 0. The normalized spacial score (nSPS) is 39.9. The maximum absolute atomic E-state index is 12.8. The molecule has 5 saturated carbocycles. The number of nitrogens with one attached hydrogen (secondary N) is 3. The van der Waals surface area contributed by atoms with Gasteiger partial charge < -0.3 is 21.7 Å². The van der Waals surface area contributed by atoms with Crippen LogP contribution in [0, 0.1) is 46.3 Å². The van der Waals surface area contributed by atoms with Crippen molar-refractivity contribution in [3.8, 4) is 0 Å².